The van der Waals surface area contributed by atoms with Gasteiger partial charge in [0.1, 0.15) is 6.04 Å². The van der Waals surface area contributed by atoms with Gasteiger partial charge >= 0.3 is 6.18 Å². The van der Waals surface area contributed by atoms with E-state index in [0.29, 0.717) is 4.90 Å². The number of hydrogen-bond acceptors (Lipinski definition) is 2. The second-order valence-corrected chi connectivity index (χ2v) is 4.97. The second-order valence-electron chi connectivity index (χ2n) is 3.47. The third-order valence-electron chi connectivity index (χ3n) is 2.04. The molecule has 0 heterocycles. The average molecular weight is 251 g/mol. The Hall–Kier alpha value is -0.880. The van der Waals surface area contributed by atoms with Gasteiger partial charge in [0.05, 0.1) is 16.6 Å². The van der Waals surface area contributed by atoms with E-state index in [1.165, 1.54) is 0 Å². The highest BCUT2D eigenvalue weighted by molar-refractivity contribution is 7.85. The zero-order chi connectivity index (χ0) is 12.3. The summed E-state index contributed by atoms with van der Waals surface area (Å²) < 4.78 is 47.9. The van der Waals surface area contributed by atoms with Crippen LogP contribution in [-0.4, -0.2) is 22.2 Å². The van der Waals surface area contributed by atoms with Gasteiger partial charge in [0, 0.05) is 4.90 Å². The molecule has 0 bridgehead atoms. The van der Waals surface area contributed by atoms with Crippen LogP contribution in [0.3, 0.4) is 0 Å². The number of benzene rings is 1. The molecule has 1 rings (SSSR count). The van der Waals surface area contributed by atoms with Crippen molar-refractivity contribution in [2.75, 3.05) is 5.75 Å². The van der Waals surface area contributed by atoms with Gasteiger partial charge in [0.15, 0.2) is 0 Å². The van der Waals surface area contributed by atoms with Gasteiger partial charge in [-0.3, -0.25) is 4.21 Å². The zero-order valence-corrected chi connectivity index (χ0v) is 9.44. The molecule has 0 aromatic heterocycles. The van der Waals surface area contributed by atoms with Crippen molar-refractivity contribution in [1.29, 1.82) is 0 Å². The van der Waals surface area contributed by atoms with Crippen molar-refractivity contribution in [1.82, 2.24) is 0 Å². The molecular weight excluding hydrogens is 239 g/mol. The van der Waals surface area contributed by atoms with Crippen LogP contribution in [0.5, 0.6) is 0 Å². The zero-order valence-electron chi connectivity index (χ0n) is 8.62. The number of halogens is 3. The fraction of sp³-hybridized carbons (Fsp3) is 0.400. The van der Waals surface area contributed by atoms with Gasteiger partial charge in [0.25, 0.3) is 0 Å². The monoisotopic (exact) mass is 251 g/mol. The van der Waals surface area contributed by atoms with Crippen molar-refractivity contribution in [2.45, 2.75) is 24.0 Å². The molecule has 2 nitrogen and oxygen atoms in total. The average Bonchev–Trinajstić information content (AvgIpc) is 2.17. The summed E-state index contributed by atoms with van der Waals surface area (Å²) in [5, 5.41) is 0. The molecule has 0 saturated heterocycles. The first-order chi connectivity index (χ1) is 7.30. The SMILES string of the molecule is Cc1ccc([S@](=O)C[C@@H](N)C(F)(F)F)cc1. The van der Waals surface area contributed by atoms with E-state index in [4.69, 9.17) is 5.73 Å². The summed E-state index contributed by atoms with van der Waals surface area (Å²) in [4.78, 5) is 0.366. The van der Waals surface area contributed by atoms with Gasteiger partial charge in [-0.25, -0.2) is 0 Å². The minimum atomic E-state index is -4.50. The Morgan fingerprint density at radius 1 is 1.31 bits per heavy atom. The number of hydrogen-bond donors (Lipinski definition) is 1. The van der Waals surface area contributed by atoms with E-state index in [1.54, 1.807) is 24.3 Å². The van der Waals surface area contributed by atoms with Gasteiger partial charge in [-0.2, -0.15) is 13.2 Å². The van der Waals surface area contributed by atoms with E-state index in [2.05, 4.69) is 0 Å². The summed E-state index contributed by atoms with van der Waals surface area (Å²) in [6.45, 7) is 1.84. The van der Waals surface area contributed by atoms with Crippen molar-refractivity contribution < 1.29 is 17.4 Å². The van der Waals surface area contributed by atoms with Gasteiger partial charge in [0.2, 0.25) is 0 Å². The standard InChI is InChI=1S/C10H12F3NOS/c1-7-2-4-8(5-3-7)16(15)6-9(14)10(11,12)13/h2-5,9H,6,14H2,1H3/t9-,16-/m1/s1. The molecular formula is C10H12F3NOS. The predicted molar refractivity (Wildman–Crippen MR) is 56.5 cm³/mol. The molecule has 0 spiro atoms. The highest BCUT2D eigenvalue weighted by atomic mass is 32.2. The van der Waals surface area contributed by atoms with Crippen LogP contribution >= 0.6 is 0 Å². The number of rotatable bonds is 3. The molecule has 2 N–H and O–H groups in total. The molecule has 1 aromatic carbocycles. The topological polar surface area (TPSA) is 43.1 Å². The Balaban J connectivity index is 2.70. The maximum atomic E-state index is 12.1. The van der Waals surface area contributed by atoms with E-state index in [0.717, 1.165) is 5.56 Å². The van der Waals surface area contributed by atoms with Crippen molar-refractivity contribution in [3.63, 3.8) is 0 Å². The Labute approximate surface area is 94.1 Å². The molecule has 0 aliphatic carbocycles. The first-order valence-corrected chi connectivity index (χ1v) is 5.90. The Kier molecular flexibility index (Phi) is 4.09. The Morgan fingerprint density at radius 3 is 2.25 bits per heavy atom. The first-order valence-electron chi connectivity index (χ1n) is 4.58. The maximum Gasteiger partial charge on any atom is 0.404 e. The van der Waals surface area contributed by atoms with Crippen LogP contribution in [0.15, 0.2) is 29.2 Å². The van der Waals surface area contributed by atoms with E-state index < -0.39 is 28.8 Å². The summed E-state index contributed by atoms with van der Waals surface area (Å²) in [6, 6.07) is 4.46. The van der Waals surface area contributed by atoms with E-state index in [1.807, 2.05) is 6.92 Å². The lowest BCUT2D eigenvalue weighted by molar-refractivity contribution is -0.142. The molecule has 16 heavy (non-hydrogen) atoms. The largest absolute Gasteiger partial charge is 0.404 e. The summed E-state index contributed by atoms with van der Waals surface area (Å²) in [5.74, 6) is -0.605. The molecule has 0 fully saturated rings. The van der Waals surface area contributed by atoms with Gasteiger partial charge in [-0.05, 0) is 19.1 Å². The van der Waals surface area contributed by atoms with Crippen LogP contribution in [0.4, 0.5) is 13.2 Å². The van der Waals surface area contributed by atoms with Crippen LogP contribution in [0.25, 0.3) is 0 Å². The van der Waals surface area contributed by atoms with Crippen molar-refractivity contribution in [2.24, 2.45) is 5.73 Å². The Morgan fingerprint density at radius 2 is 1.81 bits per heavy atom. The summed E-state index contributed by atoms with van der Waals surface area (Å²) >= 11 is 0. The minimum absolute atomic E-state index is 0.366. The van der Waals surface area contributed by atoms with Crippen molar-refractivity contribution in [3.05, 3.63) is 29.8 Å². The molecule has 0 aliphatic heterocycles. The molecule has 0 radical (unpaired) electrons. The molecule has 2 atom stereocenters. The number of alkyl halides is 3. The molecule has 0 aliphatic rings. The van der Waals surface area contributed by atoms with Crippen molar-refractivity contribution in [3.8, 4) is 0 Å². The van der Waals surface area contributed by atoms with Crippen LogP contribution < -0.4 is 5.73 Å². The lowest BCUT2D eigenvalue weighted by Gasteiger charge is -2.14. The molecule has 1 aromatic rings. The van der Waals surface area contributed by atoms with Crippen molar-refractivity contribution >= 4 is 10.8 Å². The second kappa shape index (κ2) is 4.97. The maximum absolute atomic E-state index is 12.1. The highest BCUT2D eigenvalue weighted by Gasteiger charge is 2.37. The molecule has 90 valence electrons. The van der Waals surface area contributed by atoms with Gasteiger partial charge in [-0.15, -0.1) is 0 Å². The van der Waals surface area contributed by atoms with Gasteiger partial charge < -0.3 is 5.73 Å². The number of nitrogens with two attached hydrogens (primary N) is 1. The molecule has 6 heteroatoms. The fourth-order valence-corrected chi connectivity index (χ4v) is 2.19. The normalized spacial score (nSPS) is 15.8. The lowest BCUT2D eigenvalue weighted by Crippen LogP contribution is -2.41. The quantitative estimate of drug-likeness (QED) is 0.892. The third-order valence-corrected chi connectivity index (χ3v) is 3.50. The summed E-state index contributed by atoms with van der Waals surface area (Å²) in [7, 11) is -1.71. The van der Waals surface area contributed by atoms with Crippen LogP contribution in [0.1, 0.15) is 5.56 Å². The first kappa shape index (κ1) is 13.2. The summed E-state index contributed by atoms with van der Waals surface area (Å²) in [5.41, 5.74) is 5.86. The smallest absolute Gasteiger partial charge is 0.319 e. The van der Waals surface area contributed by atoms with E-state index >= 15 is 0 Å². The number of aryl methyl sites for hydroxylation is 1. The lowest BCUT2D eigenvalue weighted by atomic mass is 10.2. The molecule has 0 amide bonds. The predicted octanol–water partition coefficient (Wildman–Crippen LogP) is 1.99. The minimum Gasteiger partial charge on any atom is -0.319 e. The molecule has 0 saturated carbocycles. The Bertz CT molecular complexity index is 375. The van der Waals surface area contributed by atoms with Crippen LogP contribution in [0, 0.1) is 6.92 Å². The third kappa shape index (κ3) is 3.61. The molecule has 0 unspecified atom stereocenters. The van der Waals surface area contributed by atoms with Crippen LogP contribution in [0.2, 0.25) is 0 Å². The van der Waals surface area contributed by atoms with E-state index in [9.17, 15) is 17.4 Å². The van der Waals surface area contributed by atoms with Gasteiger partial charge in [-0.1, -0.05) is 17.7 Å². The van der Waals surface area contributed by atoms with E-state index in [-0.39, 0.29) is 0 Å². The summed E-state index contributed by atoms with van der Waals surface area (Å²) in [6.07, 6.45) is -4.50. The highest BCUT2D eigenvalue weighted by Crippen LogP contribution is 2.20. The van der Waals surface area contributed by atoms with Crippen LogP contribution in [-0.2, 0) is 10.8 Å². The fourth-order valence-electron chi connectivity index (χ4n) is 1.04.